The lowest BCUT2D eigenvalue weighted by Crippen LogP contribution is -2.25. The normalized spacial score (nSPS) is 10.2. The summed E-state index contributed by atoms with van der Waals surface area (Å²) in [5.74, 6) is -0.156. The topological polar surface area (TPSA) is 81.1 Å². The van der Waals surface area contributed by atoms with Gasteiger partial charge in [0.05, 0.1) is 0 Å². The van der Waals surface area contributed by atoms with Crippen LogP contribution in [0.15, 0.2) is 42.5 Å². The molecule has 104 valence electrons. The van der Waals surface area contributed by atoms with E-state index >= 15 is 0 Å². The van der Waals surface area contributed by atoms with Crippen LogP contribution in [0.4, 0.5) is 11.4 Å². The highest BCUT2D eigenvalue weighted by Crippen LogP contribution is 2.13. The molecule has 0 radical (unpaired) electrons. The number of amides is 1. The summed E-state index contributed by atoms with van der Waals surface area (Å²) in [5.41, 5.74) is 15.3. The molecule has 0 aliphatic rings. The van der Waals surface area contributed by atoms with Crippen molar-refractivity contribution >= 4 is 17.3 Å². The first kappa shape index (κ1) is 13.9. The number of nitrogen functional groups attached to an aromatic ring is 2. The van der Waals surface area contributed by atoms with Gasteiger partial charge >= 0.3 is 0 Å². The SMILES string of the molecule is Cc1cccc(CCNC(=O)c2cc(N)cc(N)c2)c1. The zero-order valence-electron chi connectivity index (χ0n) is 11.5. The van der Waals surface area contributed by atoms with E-state index in [2.05, 4.69) is 30.4 Å². The van der Waals surface area contributed by atoms with Crippen molar-refractivity contribution in [3.63, 3.8) is 0 Å². The smallest absolute Gasteiger partial charge is 0.251 e. The minimum absolute atomic E-state index is 0.156. The van der Waals surface area contributed by atoms with Crippen LogP contribution in [0, 0.1) is 6.92 Å². The molecule has 0 aromatic heterocycles. The van der Waals surface area contributed by atoms with Crippen molar-refractivity contribution in [3.8, 4) is 0 Å². The highest BCUT2D eigenvalue weighted by Gasteiger charge is 2.06. The molecule has 0 aliphatic heterocycles. The number of nitrogens with one attached hydrogen (secondary N) is 1. The summed E-state index contributed by atoms with van der Waals surface area (Å²) < 4.78 is 0. The van der Waals surface area contributed by atoms with Crippen molar-refractivity contribution in [2.75, 3.05) is 18.0 Å². The Hall–Kier alpha value is -2.49. The first-order chi connectivity index (χ1) is 9.54. The molecule has 0 atom stereocenters. The predicted octanol–water partition coefficient (Wildman–Crippen LogP) is 2.13. The molecular formula is C16H19N3O. The lowest BCUT2D eigenvalue weighted by atomic mass is 10.1. The van der Waals surface area contributed by atoms with Crippen LogP contribution in [0.1, 0.15) is 21.5 Å². The van der Waals surface area contributed by atoms with Crippen molar-refractivity contribution in [1.82, 2.24) is 5.32 Å². The monoisotopic (exact) mass is 269 g/mol. The van der Waals surface area contributed by atoms with Crippen molar-refractivity contribution in [2.45, 2.75) is 13.3 Å². The van der Waals surface area contributed by atoms with Gasteiger partial charge in [0.2, 0.25) is 0 Å². The summed E-state index contributed by atoms with van der Waals surface area (Å²) in [6.07, 6.45) is 0.797. The van der Waals surface area contributed by atoms with E-state index in [0.29, 0.717) is 23.5 Å². The number of anilines is 2. The average molecular weight is 269 g/mol. The number of aryl methyl sites for hydroxylation is 1. The number of hydrogen-bond donors (Lipinski definition) is 3. The van der Waals surface area contributed by atoms with Gasteiger partial charge in [0.25, 0.3) is 5.91 Å². The quantitative estimate of drug-likeness (QED) is 0.744. The maximum Gasteiger partial charge on any atom is 0.251 e. The van der Waals surface area contributed by atoms with E-state index < -0.39 is 0 Å². The second-order valence-electron chi connectivity index (χ2n) is 4.88. The van der Waals surface area contributed by atoms with Crippen molar-refractivity contribution in [2.24, 2.45) is 0 Å². The van der Waals surface area contributed by atoms with E-state index in [-0.39, 0.29) is 5.91 Å². The lowest BCUT2D eigenvalue weighted by Gasteiger charge is -2.07. The number of rotatable bonds is 4. The first-order valence-electron chi connectivity index (χ1n) is 6.54. The fourth-order valence-corrected chi connectivity index (χ4v) is 2.10. The first-order valence-corrected chi connectivity index (χ1v) is 6.54. The highest BCUT2D eigenvalue weighted by molar-refractivity contribution is 5.96. The Bertz CT molecular complexity index is 603. The highest BCUT2D eigenvalue weighted by atomic mass is 16.1. The molecule has 5 N–H and O–H groups in total. The molecule has 20 heavy (non-hydrogen) atoms. The van der Waals surface area contributed by atoms with E-state index in [1.165, 1.54) is 11.1 Å². The van der Waals surface area contributed by atoms with Crippen LogP contribution in [0.2, 0.25) is 0 Å². The van der Waals surface area contributed by atoms with Gasteiger partial charge < -0.3 is 16.8 Å². The van der Waals surface area contributed by atoms with Crippen LogP contribution in [0.25, 0.3) is 0 Å². The minimum atomic E-state index is -0.156. The third-order valence-electron chi connectivity index (χ3n) is 3.02. The van der Waals surface area contributed by atoms with Gasteiger partial charge in [-0.3, -0.25) is 4.79 Å². The second kappa shape index (κ2) is 6.10. The molecule has 4 heteroatoms. The predicted molar refractivity (Wildman–Crippen MR) is 82.5 cm³/mol. The van der Waals surface area contributed by atoms with Gasteiger partial charge in [-0.15, -0.1) is 0 Å². The standard InChI is InChI=1S/C16H19N3O/c1-11-3-2-4-12(7-11)5-6-19-16(20)13-8-14(17)10-15(18)9-13/h2-4,7-10H,5-6,17-18H2,1H3,(H,19,20). The average Bonchev–Trinajstić information content (AvgIpc) is 2.37. The molecule has 2 aromatic rings. The van der Waals surface area contributed by atoms with Gasteiger partial charge in [0.15, 0.2) is 0 Å². The Labute approximate surface area is 118 Å². The van der Waals surface area contributed by atoms with E-state index in [0.717, 1.165) is 6.42 Å². The Kier molecular flexibility index (Phi) is 4.25. The molecule has 0 unspecified atom stereocenters. The Morgan fingerprint density at radius 1 is 1.10 bits per heavy atom. The van der Waals surface area contributed by atoms with E-state index in [4.69, 9.17) is 11.5 Å². The van der Waals surface area contributed by atoms with Crippen LogP contribution >= 0.6 is 0 Å². The van der Waals surface area contributed by atoms with Crippen LogP contribution in [0.3, 0.4) is 0 Å². The Morgan fingerprint density at radius 3 is 2.45 bits per heavy atom. The van der Waals surface area contributed by atoms with Gasteiger partial charge in [-0.2, -0.15) is 0 Å². The molecule has 0 saturated carbocycles. The molecule has 0 spiro atoms. The number of carbonyl (C=O) groups is 1. The van der Waals surface area contributed by atoms with Gasteiger partial charge in [-0.1, -0.05) is 29.8 Å². The minimum Gasteiger partial charge on any atom is -0.399 e. The largest absolute Gasteiger partial charge is 0.399 e. The van der Waals surface area contributed by atoms with Crippen LogP contribution in [-0.2, 0) is 6.42 Å². The van der Waals surface area contributed by atoms with Gasteiger partial charge in [-0.05, 0) is 37.1 Å². The van der Waals surface area contributed by atoms with Crippen molar-refractivity contribution < 1.29 is 4.79 Å². The Morgan fingerprint density at radius 2 is 1.80 bits per heavy atom. The van der Waals surface area contributed by atoms with Gasteiger partial charge in [-0.25, -0.2) is 0 Å². The number of carbonyl (C=O) groups excluding carboxylic acids is 1. The molecule has 1 amide bonds. The molecule has 0 bridgehead atoms. The molecule has 0 heterocycles. The number of hydrogen-bond acceptors (Lipinski definition) is 3. The fourth-order valence-electron chi connectivity index (χ4n) is 2.10. The molecule has 0 fully saturated rings. The summed E-state index contributed by atoms with van der Waals surface area (Å²) in [7, 11) is 0. The van der Waals surface area contributed by atoms with E-state index in [1.807, 2.05) is 6.07 Å². The molecular weight excluding hydrogens is 250 g/mol. The zero-order chi connectivity index (χ0) is 14.5. The van der Waals surface area contributed by atoms with E-state index in [9.17, 15) is 4.79 Å². The van der Waals surface area contributed by atoms with Crippen molar-refractivity contribution in [3.05, 3.63) is 59.2 Å². The van der Waals surface area contributed by atoms with Crippen LogP contribution in [0.5, 0.6) is 0 Å². The second-order valence-corrected chi connectivity index (χ2v) is 4.88. The molecule has 2 rings (SSSR count). The summed E-state index contributed by atoms with van der Waals surface area (Å²) in [4.78, 5) is 12.0. The van der Waals surface area contributed by atoms with E-state index in [1.54, 1.807) is 18.2 Å². The maximum atomic E-state index is 12.0. The summed E-state index contributed by atoms with van der Waals surface area (Å²) in [5, 5.41) is 2.87. The summed E-state index contributed by atoms with van der Waals surface area (Å²) in [6, 6.07) is 13.1. The third kappa shape index (κ3) is 3.75. The molecule has 0 saturated heterocycles. The lowest BCUT2D eigenvalue weighted by molar-refractivity contribution is 0.0954. The molecule has 0 aliphatic carbocycles. The number of benzene rings is 2. The third-order valence-corrected chi connectivity index (χ3v) is 3.02. The van der Waals surface area contributed by atoms with Gasteiger partial charge in [0.1, 0.15) is 0 Å². The maximum absolute atomic E-state index is 12.0. The summed E-state index contributed by atoms with van der Waals surface area (Å²) in [6.45, 7) is 2.63. The van der Waals surface area contributed by atoms with Gasteiger partial charge in [0, 0.05) is 23.5 Å². The molecule has 2 aromatic carbocycles. The fraction of sp³-hybridized carbons (Fsp3) is 0.188. The van der Waals surface area contributed by atoms with Crippen LogP contribution in [-0.4, -0.2) is 12.5 Å². The molecule has 4 nitrogen and oxygen atoms in total. The number of nitrogens with two attached hydrogens (primary N) is 2. The van der Waals surface area contributed by atoms with Crippen molar-refractivity contribution in [1.29, 1.82) is 0 Å². The zero-order valence-corrected chi connectivity index (χ0v) is 11.5. The Balaban J connectivity index is 1.92. The van der Waals surface area contributed by atoms with Crippen LogP contribution < -0.4 is 16.8 Å². The summed E-state index contributed by atoms with van der Waals surface area (Å²) >= 11 is 0.